The number of phenols is 1. The van der Waals surface area contributed by atoms with Gasteiger partial charge in [0.15, 0.2) is 6.29 Å². The van der Waals surface area contributed by atoms with E-state index >= 15 is 0 Å². The van der Waals surface area contributed by atoms with E-state index in [2.05, 4.69) is 6.07 Å². The van der Waals surface area contributed by atoms with Crippen LogP contribution in [-0.4, -0.2) is 18.0 Å². The topological polar surface area (TPSA) is 46.5 Å². The summed E-state index contributed by atoms with van der Waals surface area (Å²) < 4.78 is 5.61. The summed E-state index contributed by atoms with van der Waals surface area (Å²) in [5.74, 6) is 1.03. The maximum atomic E-state index is 11.0. The molecule has 0 aromatic heterocycles. The molecule has 0 radical (unpaired) electrons. The van der Waals surface area contributed by atoms with E-state index in [0.29, 0.717) is 17.4 Å². The van der Waals surface area contributed by atoms with E-state index < -0.39 is 0 Å². The van der Waals surface area contributed by atoms with Crippen molar-refractivity contribution in [1.29, 1.82) is 0 Å². The monoisotopic (exact) mass is 294 g/mol. The number of aldehydes is 1. The summed E-state index contributed by atoms with van der Waals surface area (Å²) in [5, 5.41) is 9.77. The number of hydrogen-bond donors (Lipinski definition) is 1. The molecule has 22 heavy (non-hydrogen) atoms. The second-order valence-electron chi connectivity index (χ2n) is 5.55. The summed E-state index contributed by atoms with van der Waals surface area (Å²) in [5.41, 5.74) is 4.25. The predicted octanol–water partition coefficient (Wildman–Crippen LogP) is 4.01. The number of hydrogen-bond acceptors (Lipinski definition) is 3. The normalized spacial score (nSPS) is 13.7. The quantitative estimate of drug-likeness (QED) is 0.687. The molecule has 2 aromatic rings. The Bertz CT molecular complexity index is 745. The fraction of sp³-hybridized carbons (Fsp3) is 0.211. The Morgan fingerprint density at radius 2 is 1.95 bits per heavy atom. The highest BCUT2D eigenvalue weighted by molar-refractivity contribution is 5.83. The number of fused-ring (bicyclic) bond motifs is 1. The fourth-order valence-corrected chi connectivity index (χ4v) is 2.70. The van der Waals surface area contributed by atoms with E-state index in [1.807, 2.05) is 30.4 Å². The number of benzene rings is 2. The number of rotatable bonds is 3. The number of carbonyl (C=O) groups is 1. The van der Waals surface area contributed by atoms with Crippen LogP contribution in [0.25, 0.3) is 12.2 Å². The van der Waals surface area contributed by atoms with Gasteiger partial charge >= 0.3 is 0 Å². The smallest absolute Gasteiger partial charge is 0.153 e. The summed E-state index contributed by atoms with van der Waals surface area (Å²) in [7, 11) is 0. The van der Waals surface area contributed by atoms with Crippen LogP contribution in [0.3, 0.4) is 0 Å². The van der Waals surface area contributed by atoms with Gasteiger partial charge in [0.25, 0.3) is 0 Å². The molecule has 3 nitrogen and oxygen atoms in total. The second kappa shape index (κ2) is 6.06. The van der Waals surface area contributed by atoms with E-state index in [0.717, 1.165) is 36.3 Å². The summed E-state index contributed by atoms with van der Waals surface area (Å²) in [6.45, 7) is 2.58. The minimum Gasteiger partial charge on any atom is -0.507 e. The Kier molecular flexibility index (Phi) is 3.96. The van der Waals surface area contributed by atoms with Crippen molar-refractivity contribution in [1.82, 2.24) is 0 Å². The van der Waals surface area contributed by atoms with Crippen molar-refractivity contribution in [3.05, 3.63) is 58.1 Å². The van der Waals surface area contributed by atoms with Crippen LogP contribution in [0, 0.1) is 6.92 Å². The summed E-state index contributed by atoms with van der Waals surface area (Å²) in [6.07, 6.45) is 6.74. The number of ether oxygens (including phenoxy) is 1. The molecule has 0 unspecified atom stereocenters. The van der Waals surface area contributed by atoms with Crippen molar-refractivity contribution in [2.24, 2.45) is 0 Å². The van der Waals surface area contributed by atoms with Crippen molar-refractivity contribution in [2.75, 3.05) is 6.61 Å². The Morgan fingerprint density at radius 3 is 2.77 bits per heavy atom. The summed E-state index contributed by atoms with van der Waals surface area (Å²) in [4.78, 5) is 11.0. The van der Waals surface area contributed by atoms with Crippen molar-refractivity contribution < 1.29 is 14.6 Å². The Labute approximate surface area is 129 Å². The van der Waals surface area contributed by atoms with Gasteiger partial charge in [-0.05, 0) is 66.3 Å². The molecular weight excluding hydrogens is 276 g/mol. The van der Waals surface area contributed by atoms with Gasteiger partial charge in [0.1, 0.15) is 11.5 Å². The molecule has 0 saturated carbocycles. The zero-order valence-electron chi connectivity index (χ0n) is 12.5. The molecule has 112 valence electrons. The first-order chi connectivity index (χ1) is 10.7. The van der Waals surface area contributed by atoms with E-state index in [1.54, 1.807) is 13.0 Å². The molecule has 1 aliphatic heterocycles. The highest BCUT2D eigenvalue weighted by atomic mass is 16.5. The third kappa shape index (κ3) is 2.89. The molecule has 1 N–H and O–H groups in total. The second-order valence-corrected chi connectivity index (χ2v) is 5.55. The van der Waals surface area contributed by atoms with Gasteiger partial charge in [0, 0.05) is 0 Å². The number of carbonyl (C=O) groups excluding carboxylic acids is 1. The lowest BCUT2D eigenvalue weighted by atomic mass is 10.0. The fourth-order valence-electron chi connectivity index (χ4n) is 2.70. The summed E-state index contributed by atoms with van der Waals surface area (Å²) in [6, 6.07) is 9.72. The zero-order valence-corrected chi connectivity index (χ0v) is 12.5. The van der Waals surface area contributed by atoms with Crippen molar-refractivity contribution in [3.8, 4) is 11.5 Å². The van der Waals surface area contributed by atoms with Crippen LogP contribution in [0.1, 0.15) is 39.0 Å². The molecule has 0 atom stereocenters. The van der Waals surface area contributed by atoms with Crippen LogP contribution < -0.4 is 4.74 Å². The lowest BCUT2D eigenvalue weighted by molar-refractivity contribution is 0.112. The van der Waals surface area contributed by atoms with Crippen LogP contribution in [0.4, 0.5) is 0 Å². The van der Waals surface area contributed by atoms with Gasteiger partial charge in [-0.15, -0.1) is 0 Å². The molecule has 0 fully saturated rings. The third-order valence-corrected chi connectivity index (χ3v) is 3.88. The molecule has 0 bridgehead atoms. The lowest BCUT2D eigenvalue weighted by Crippen LogP contribution is -2.07. The Hall–Kier alpha value is -2.55. The van der Waals surface area contributed by atoms with Gasteiger partial charge in [0.2, 0.25) is 0 Å². The molecule has 0 spiro atoms. The molecule has 1 heterocycles. The van der Waals surface area contributed by atoms with Crippen molar-refractivity contribution in [3.63, 3.8) is 0 Å². The maximum absolute atomic E-state index is 11.0. The first kappa shape index (κ1) is 14.4. The number of aromatic hydroxyl groups is 1. The molecule has 2 aromatic carbocycles. The van der Waals surface area contributed by atoms with Gasteiger partial charge in [0.05, 0.1) is 12.2 Å². The van der Waals surface area contributed by atoms with Gasteiger partial charge in [-0.3, -0.25) is 4.79 Å². The van der Waals surface area contributed by atoms with Gasteiger partial charge < -0.3 is 9.84 Å². The summed E-state index contributed by atoms with van der Waals surface area (Å²) >= 11 is 0. The maximum Gasteiger partial charge on any atom is 0.153 e. The largest absolute Gasteiger partial charge is 0.507 e. The zero-order chi connectivity index (χ0) is 15.5. The standard InChI is InChI=1S/C19H18O3/c1-13-9-15(11-17(12-20)19(13)21)5-4-14-6-7-18-16(10-14)3-2-8-22-18/h4-7,9-12,21H,2-3,8H2,1H3/b5-4+. The van der Waals surface area contributed by atoms with Crippen LogP contribution in [-0.2, 0) is 6.42 Å². The molecule has 3 rings (SSSR count). The van der Waals surface area contributed by atoms with Crippen molar-refractivity contribution in [2.45, 2.75) is 19.8 Å². The highest BCUT2D eigenvalue weighted by Gasteiger charge is 2.09. The Morgan fingerprint density at radius 1 is 1.14 bits per heavy atom. The average Bonchev–Trinajstić information content (AvgIpc) is 2.55. The minimum absolute atomic E-state index is 0.0538. The van der Waals surface area contributed by atoms with Gasteiger partial charge in [-0.2, -0.15) is 0 Å². The van der Waals surface area contributed by atoms with Gasteiger partial charge in [-0.25, -0.2) is 0 Å². The average molecular weight is 294 g/mol. The SMILES string of the molecule is Cc1cc(/C=C/c2ccc3c(c2)CCCO3)cc(C=O)c1O. The van der Waals surface area contributed by atoms with Gasteiger partial charge in [-0.1, -0.05) is 18.2 Å². The minimum atomic E-state index is 0.0538. The molecule has 0 saturated heterocycles. The van der Waals surface area contributed by atoms with E-state index in [9.17, 15) is 9.90 Å². The number of phenolic OH excluding ortho intramolecular Hbond substituents is 1. The molecule has 1 aliphatic rings. The molecule has 0 amide bonds. The third-order valence-electron chi connectivity index (χ3n) is 3.88. The number of aryl methyl sites for hydroxylation is 2. The lowest BCUT2D eigenvalue weighted by Gasteiger charge is -2.17. The van der Waals surface area contributed by atoms with Crippen LogP contribution >= 0.6 is 0 Å². The molecular formula is C19H18O3. The van der Waals surface area contributed by atoms with E-state index in [1.165, 1.54) is 5.56 Å². The van der Waals surface area contributed by atoms with E-state index in [4.69, 9.17) is 4.74 Å². The van der Waals surface area contributed by atoms with Crippen LogP contribution in [0.5, 0.6) is 11.5 Å². The molecule has 3 heteroatoms. The van der Waals surface area contributed by atoms with Crippen molar-refractivity contribution >= 4 is 18.4 Å². The highest BCUT2D eigenvalue weighted by Crippen LogP contribution is 2.27. The van der Waals surface area contributed by atoms with Crippen LogP contribution in [0.2, 0.25) is 0 Å². The predicted molar refractivity (Wildman–Crippen MR) is 87.4 cm³/mol. The van der Waals surface area contributed by atoms with Crippen LogP contribution in [0.15, 0.2) is 30.3 Å². The molecule has 0 aliphatic carbocycles. The van der Waals surface area contributed by atoms with E-state index in [-0.39, 0.29) is 5.75 Å². The first-order valence-electron chi connectivity index (χ1n) is 7.40. The Balaban J connectivity index is 1.88. The first-order valence-corrected chi connectivity index (χ1v) is 7.40.